The molecule has 0 saturated heterocycles. The van der Waals surface area contributed by atoms with Crippen molar-refractivity contribution in [2.45, 2.75) is 12.5 Å². The second kappa shape index (κ2) is 6.14. The fourth-order valence-electron chi connectivity index (χ4n) is 3.09. The highest BCUT2D eigenvalue weighted by Crippen LogP contribution is 2.31. The Hall–Kier alpha value is -3.42. The number of fused-ring (bicyclic) bond motifs is 2. The van der Waals surface area contributed by atoms with E-state index in [1.165, 1.54) is 23.9 Å². The van der Waals surface area contributed by atoms with Crippen LogP contribution in [-0.2, 0) is 7.05 Å². The third-order valence-corrected chi connectivity index (χ3v) is 4.48. The van der Waals surface area contributed by atoms with E-state index in [9.17, 15) is 14.4 Å². The predicted molar refractivity (Wildman–Crippen MR) is 94.4 cm³/mol. The number of ether oxygens (including phenoxy) is 1. The van der Waals surface area contributed by atoms with E-state index in [1.54, 1.807) is 0 Å². The Labute approximate surface area is 147 Å². The summed E-state index contributed by atoms with van der Waals surface area (Å²) >= 11 is 0. The SMILES string of the molecule is Cn1c(=O)[nH]c(=O)c2cc(C(=O)NC3CCOc4ccccc43)cnc21. The van der Waals surface area contributed by atoms with Crippen LogP contribution in [0.1, 0.15) is 28.4 Å². The maximum Gasteiger partial charge on any atom is 0.329 e. The summed E-state index contributed by atoms with van der Waals surface area (Å²) in [5.41, 5.74) is 0.283. The number of carbonyl (C=O) groups is 1. The summed E-state index contributed by atoms with van der Waals surface area (Å²) in [7, 11) is 1.51. The molecule has 26 heavy (non-hydrogen) atoms. The molecule has 8 heteroatoms. The van der Waals surface area contributed by atoms with Crippen LogP contribution in [-0.4, -0.2) is 27.0 Å². The number of amides is 1. The number of rotatable bonds is 2. The van der Waals surface area contributed by atoms with Gasteiger partial charge >= 0.3 is 5.69 Å². The maximum atomic E-state index is 12.7. The first-order valence-corrected chi connectivity index (χ1v) is 8.16. The first-order valence-electron chi connectivity index (χ1n) is 8.16. The molecule has 132 valence electrons. The molecule has 3 heterocycles. The highest BCUT2D eigenvalue weighted by molar-refractivity contribution is 5.97. The monoisotopic (exact) mass is 352 g/mol. The minimum Gasteiger partial charge on any atom is -0.493 e. The Morgan fingerprint density at radius 3 is 3.00 bits per heavy atom. The lowest BCUT2D eigenvalue weighted by atomic mass is 10.0. The van der Waals surface area contributed by atoms with Crippen molar-refractivity contribution in [1.82, 2.24) is 19.9 Å². The average Bonchev–Trinajstić information content (AvgIpc) is 2.66. The number of aromatic nitrogens is 3. The van der Waals surface area contributed by atoms with E-state index in [1.807, 2.05) is 24.3 Å². The van der Waals surface area contributed by atoms with Gasteiger partial charge < -0.3 is 10.1 Å². The largest absolute Gasteiger partial charge is 0.493 e. The molecule has 1 aliphatic heterocycles. The molecule has 1 amide bonds. The molecule has 0 saturated carbocycles. The molecule has 1 unspecified atom stereocenters. The smallest absolute Gasteiger partial charge is 0.329 e. The molecule has 0 bridgehead atoms. The van der Waals surface area contributed by atoms with Gasteiger partial charge in [-0.2, -0.15) is 0 Å². The molecule has 2 aromatic heterocycles. The Morgan fingerprint density at radius 2 is 2.15 bits per heavy atom. The van der Waals surface area contributed by atoms with Crippen LogP contribution in [0.4, 0.5) is 0 Å². The van der Waals surface area contributed by atoms with Gasteiger partial charge in [-0.1, -0.05) is 18.2 Å². The summed E-state index contributed by atoms with van der Waals surface area (Å²) < 4.78 is 6.83. The van der Waals surface area contributed by atoms with Gasteiger partial charge in [0.05, 0.1) is 23.6 Å². The van der Waals surface area contributed by atoms with Crippen LogP contribution in [0, 0.1) is 0 Å². The van der Waals surface area contributed by atoms with Gasteiger partial charge in [-0.3, -0.25) is 19.1 Å². The van der Waals surface area contributed by atoms with E-state index in [4.69, 9.17) is 4.74 Å². The Bertz CT molecular complexity index is 1130. The van der Waals surface area contributed by atoms with Gasteiger partial charge in [0.2, 0.25) is 0 Å². The molecule has 2 N–H and O–H groups in total. The highest BCUT2D eigenvalue weighted by atomic mass is 16.5. The molecular weight excluding hydrogens is 336 g/mol. The van der Waals surface area contributed by atoms with Gasteiger partial charge in [-0.25, -0.2) is 9.78 Å². The van der Waals surface area contributed by atoms with E-state index < -0.39 is 11.2 Å². The number of hydrogen-bond donors (Lipinski definition) is 2. The first-order chi connectivity index (χ1) is 12.5. The average molecular weight is 352 g/mol. The van der Waals surface area contributed by atoms with E-state index >= 15 is 0 Å². The van der Waals surface area contributed by atoms with Crippen molar-refractivity contribution >= 4 is 16.9 Å². The molecule has 8 nitrogen and oxygen atoms in total. The second-order valence-electron chi connectivity index (χ2n) is 6.11. The zero-order valence-electron chi connectivity index (χ0n) is 14.0. The van der Waals surface area contributed by atoms with Crippen LogP contribution in [0.15, 0.2) is 46.1 Å². The van der Waals surface area contributed by atoms with Crippen LogP contribution in [0.5, 0.6) is 5.75 Å². The maximum absolute atomic E-state index is 12.7. The predicted octanol–water partition coefficient (Wildman–Crippen LogP) is 0.875. The molecule has 0 spiro atoms. The minimum atomic E-state index is -0.568. The van der Waals surface area contributed by atoms with Gasteiger partial charge in [0.15, 0.2) is 0 Å². The molecule has 1 aliphatic rings. The summed E-state index contributed by atoms with van der Waals surface area (Å²) in [6.07, 6.45) is 2.01. The van der Waals surface area contributed by atoms with Crippen molar-refractivity contribution in [2.75, 3.05) is 6.61 Å². The molecule has 1 aromatic carbocycles. The zero-order valence-corrected chi connectivity index (χ0v) is 14.0. The number of nitrogens with zero attached hydrogens (tertiary/aromatic N) is 2. The summed E-state index contributed by atoms with van der Waals surface area (Å²) in [5, 5.41) is 3.15. The number of aryl methyl sites for hydroxylation is 1. The van der Waals surface area contributed by atoms with E-state index in [2.05, 4.69) is 15.3 Å². The molecule has 1 atom stereocenters. The van der Waals surface area contributed by atoms with E-state index in [0.717, 1.165) is 11.3 Å². The fourth-order valence-corrected chi connectivity index (χ4v) is 3.09. The fraction of sp³-hybridized carbons (Fsp3) is 0.222. The van der Waals surface area contributed by atoms with Crippen molar-refractivity contribution < 1.29 is 9.53 Å². The van der Waals surface area contributed by atoms with Crippen LogP contribution in [0.25, 0.3) is 11.0 Å². The minimum absolute atomic E-state index is 0.179. The van der Waals surface area contributed by atoms with E-state index in [0.29, 0.717) is 13.0 Å². The molecular formula is C18H16N4O4. The summed E-state index contributed by atoms with van der Waals surface area (Å²) in [5.74, 6) is 0.418. The van der Waals surface area contributed by atoms with Crippen molar-refractivity contribution in [1.29, 1.82) is 0 Å². The summed E-state index contributed by atoms with van der Waals surface area (Å²) in [4.78, 5) is 42.6. The lowest BCUT2D eigenvalue weighted by Gasteiger charge is -2.26. The molecule has 0 aliphatic carbocycles. The van der Waals surface area contributed by atoms with Crippen molar-refractivity contribution in [2.24, 2.45) is 7.05 Å². The number of aromatic amines is 1. The van der Waals surface area contributed by atoms with Crippen LogP contribution in [0.2, 0.25) is 0 Å². The second-order valence-corrected chi connectivity index (χ2v) is 6.11. The van der Waals surface area contributed by atoms with E-state index in [-0.39, 0.29) is 28.5 Å². The topological polar surface area (TPSA) is 106 Å². The first kappa shape index (κ1) is 16.1. The quantitative estimate of drug-likeness (QED) is 0.712. The van der Waals surface area contributed by atoms with Gasteiger partial charge in [0.1, 0.15) is 11.4 Å². The Morgan fingerprint density at radius 1 is 1.35 bits per heavy atom. The Balaban J connectivity index is 1.68. The zero-order chi connectivity index (χ0) is 18.3. The lowest BCUT2D eigenvalue weighted by molar-refractivity contribution is 0.0924. The lowest BCUT2D eigenvalue weighted by Crippen LogP contribution is -2.33. The number of benzene rings is 1. The van der Waals surface area contributed by atoms with Crippen LogP contribution < -0.4 is 21.3 Å². The van der Waals surface area contributed by atoms with Crippen molar-refractivity contribution in [3.63, 3.8) is 0 Å². The van der Waals surface area contributed by atoms with Gasteiger partial charge in [0.25, 0.3) is 11.5 Å². The summed E-state index contributed by atoms with van der Waals surface area (Å²) in [6, 6.07) is 8.82. The number of nitrogens with one attached hydrogen (secondary N) is 2. The van der Waals surface area contributed by atoms with Crippen molar-refractivity contribution in [3.8, 4) is 5.75 Å². The number of pyridine rings is 1. The van der Waals surface area contributed by atoms with Crippen LogP contribution >= 0.6 is 0 Å². The van der Waals surface area contributed by atoms with Gasteiger partial charge in [0, 0.05) is 25.2 Å². The Kier molecular flexibility index (Phi) is 3.80. The number of para-hydroxylation sites is 1. The summed E-state index contributed by atoms with van der Waals surface area (Å²) in [6.45, 7) is 0.514. The molecule has 4 rings (SSSR count). The highest BCUT2D eigenvalue weighted by Gasteiger charge is 2.23. The standard InChI is InChI=1S/C18H16N4O4/c1-22-15-12(17(24)21-18(22)25)8-10(9-19-15)16(23)20-13-6-7-26-14-5-3-2-4-11(13)14/h2-5,8-9,13H,6-7H2,1H3,(H,20,23)(H,21,24,25). The number of carbonyl (C=O) groups excluding carboxylic acids is 1. The van der Waals surface area contributed by atoms with Gasteiger partial charge in [-0.05, 0) is 12.1 Å². The van der Waals surface area contributed by atoms with Crippen LogP contribution in [0.3, 0.4) is 0 Å². The number of hydrogen-bond acceptors (Lipinski definition) is 5. The molecule has 0 radical (unpaired) electrons. The molecule has 3 aromatic rings. The third-order valence-electron chi connectivity index (χ3n) is 4.48. The molecule has 0 fully saturated rings. The van der Waals surface area contributed by atoms with Gasteiger partial charge in [-0.15, -0.1) is 0 Å². The number of H-pyrrole nitrogens is 1. The normalized spacial score (nSPS) is 16.0. The van der Waals surface area contributed by atoms with Crippen molar-refractivity contribution in [3.05, 3.63) is 68.5 Å². The third kappa shape index (κ3) is 2.65.